The molecule has 1 aliphatic heterocycles. The first-order valence-electron chi connectivity index (χ1n) is 11.0. The number of anilines is 1. The molecule has 6 nitrogen and oxygen atoms in total. The van der Waals surface area contributed by atoms with Crippen molar-refractivity contribution in [2.75, 3.05) is 37.4 Å². The zero-order valence-electron chi connectivity index (χ0n) is 18.6. The number of rotatable bonds is 7. The molecule has 0 spiro atoms. The average Bonchev–Trinajstić information content (AvgIpc) is 2.85. The van der Waals surface area contributed by atoms with Crippen molar-refractivity contribution in [3.63, 3.8) is 0 Å². The second-order valence-corrected chi connectivity index (χ2v) is 9.73. The maximum absolute atomic E-state index is 13.1. The van der Waals surface area contributed by atoms with E-state index in [1.165, 1.54) is 17.7 Å². The lowest BCUT2D eigenvalue weighted by Crippen LogP contribution is -2.48. The molecule has 1 saturated heterocycles. The molecule has 1 amide bonds. The number of hydrogen-bond acceptors (Lipinski definition) is 4. The standard InChI is InChI=1S/C26H26FN3O3S/c27-23-10-14-25(15-11-23)34(32,33)28-24-12-8-22(9-13-24)26(31)30-19-17-29(18-20-30)16-4-7-21-5-2-1-3-6-21/h1-15,28H,16-20H2. The van der Waals surface area contributed by atoms with Crippen LogP contribution in [0.3, 0.4) is 0 Å². The molecule has 0 unspecified atom stereocenters. The molecular weight excluding hydrogens is 453 g/mol. The molecule has 0 radical (unpaired) electrons. The molecule has 3 aromatic carbocycles. The summed E-state index contributed by atoms with van der Waals surface area (Å²) in [7, 11) is -3.84. The second-order valence-electron chi connectivity index (χ2n) is 8.04. The van der Waals surface area contributed by atoms with Crippen molar-refractivity contribution in [1.29, 1.82) is 0 Å². The number of carbonyl (C=O) groups excluding carboxylic acids is 1. The van der Waals surface area contributed by atoms with Crippen molar-refractivity contribution < 1.29 is 17.6 Å². The summed E-state index contributed by atoms with van der Waals surface area (Å²) in [4.78, 5) is 17.0. The Balaban J connectivity index is 1.29. The maximum atomic E-state index is 13.1. The molecule has 0 bridgehead atoms. The first-order chi connectivity index (χ1) is 16.4. The van der Waals surface area contributed by atoms with Gasteiger partial charge in [-0.15, -0.1) is 0 Å². The number of nitrogens with one attached hydrogen (secondary N) is 1. The van der Waals surface area contributed by atoms with E-state index < -0.39 is 15.8 Å². The number of halogens is 1. The Bertz CT molecular complexity index is 1240. The Morgan fingerprint density at radius 1 is 0.882 bits per heavy atom. The van der Waals surface area contributed by atoms with Gasteiger partial charge in [0.2, 0.25) is 0 Å². The monoisotopic (exact) mass is 479 g/mol. The fourth-order valence-electron chi connectivity index (χ4n) is 3.73. The van der Waals surface area contributed by atoms with Gasteiger partial charge in [0.05, 0.1) is 4.90 Å². The summed E-state index contributed by atoms with van der Waals surface area (Å²) in [6.45, 7) is 3.69. The molecule has 0 aliphatic carbocycles. The lowest BCUT2D eigenvalue weighted by Gasteiger charge is -2.34. The highest BCUT2D eigenvalue weighted by Gasteiger charge is 2.22. The normalized spacial score (nSPS) is 14.9. The molecule has 1 N–H and O–H groups in total. The van der Waals surface area contributed by atoms with Crippen molar-refractivity contribution in [3.8, 4) is 0 Å². The molecule has 3 aromatic rings. The molecule has 176 valence electrons. The lowest BCUT2D eigenvalue weighted by molar-refractivity contribution is 0.0650. The summed E-state index contributed by atoms with van der Waals surface area (Å²) in [5.74, 6) is -0.585. The van der Waals surface area contributed by atoms with Gasteiger partial charge < -0.3 is 4.90 Å². The van der Waals surface area contributed by atoms with Crippen LogP contribution in [0, 0.1) is 5.82 Å². The van der Waals surface area contributed by atoms with Crippen molar-refractivity contribution in [1.82, 2.24) is 9.80 Å². The Kier molecular flexibility index (Phi) is 7.40. The average molecular weight is 480 g/mol. The third kappa shape index (κ3) is 6.09. The number of benzene rings is 3. The molecule has 4 rings (SSSR count). The maximum Gasteiger partial charge on any atom is 0.261 e. The lowest BCUT2D eigenvalue weighted by atomic mass is 10.1. The first-order valence-corrected chi connectivity index (χ1v) is 12.5. The van der Waals surface area contributed by atoms with Gasteiger partial charge in [0.25, 0.3) is 15.9 Å². The fourth-order valence-corrected chi connectivity index (χ4v) is 4.79. The van der Waals surface area contributed by atoms with Crippen molar-refractivity contribution in [3.05, 3.63) is 102 Å². The third-order valence-electron chi connectivity index (χ3n) is 5.64. The molecule has 8 heteroatoms. The van der Waals surface area contributed by atoms with E-state index >= 15 is 0 Å². The molecule has 0 atom stereocenters. The second kappa shape index (κ2) is 10.6. The van der Waals surface area contributed by atoms with Gasteiger partial charge >= 0.3 is 0 Å². The number of hydrogen-bond donors (Lipinski definition) is 1. The highest BCUT2D eigenvalue weighted by molar-refractivity contribution is 7.92. The smallest absolute Gasteiger partial charge is 0.261 e. The Morgan fingerprint density at radius 2 is 1.53 bits per heavy atom. The Labute approximate surface area is 199 Å². The highest BCUT2D eigenvalue weighted by atomic mass is 32.2. The van der Waals surface area contributed by atoms with E-state index in [-0.39, 0.29) is 10.8 Å². The number of nitrogens with zero attached hydrogens (tertiary/aromatic N) is 2. The van der Waals surface area contributed by atoms with Crippen LogP contribution < -0.4 is 4.72 Å². The van der Waals surface area contributed by atoms with Crippen LogP contribution in [0.1, 0.15) is 15.9 Å². The number of carbonyl (C=O) groups is 1. The van der Waals surface area contributed by atoms with Crippen LogP contribution in [0.5, 0.6) is 0 Å². The Morgan fingerprint density at radius 3 is 2.18 bits per heavy atom. The molecule has 0 aromatic heterocycles. The van der Waals surface area contributed by atoms with Gasteiger partial charge in [0.1, 0.15) is 5.82 Å². The van der Waals surface area contributed by atoms with Gasteiger partial charge in [-0.2, -0.15) is 0 Å². The van der Waals surface area contributed by atoms with Crippen LogP contribution in [0.15, 0.2) is 89.8 Å². The molecule has 1 fully saturated rings. The van der Waals surface area contributed by atoms with E-state index in [2.05, 4.69) is 33.9 Å². The van der Waals surface area contributed by atoms with Gasteiger partial charge in [0, 0.05) is 44.0 Å². The highest BCUT2D eigenvalue weighted by Crippen LogP contribution is 2.18. The predicted molar refractivity (Wildman–Crippen MR) is 131 cm³/mol. The van der Waals surface area contributed by atoms with E-state index in [0.717, 1.165) is 31.8 Å². The van der Waals surface area contributed by atoms with Crippen molar-refractivity contribution in [2.24, 2.45) is 0 Å². The van der Waals surface area contributed by atoms with E-state index in [9.17, 15) is 17.6 Å². The predicted octanol–water partition coefficient (Wildman–Crippen LogP) is 4.10. The van der Waals surface area contributed by atoms with E-state index in [1.54, 1.807) is 24.3 Å². The summed E-state index contributed by atoms with van der Waals surface area (Å²) >= 11 is 0. The van der Waals surface area contributed by atoms with E-state index in [4.69, 9.17) is 0 Å². The third-order valence-corrected chi connectivity index (χ3v) is 7.04. The fraction of sp³-hybridized carbons (Fsp3) is 0.192. The number of piperazine rings is 1. The summed E-state index contributed by atoms with van der Waals surface area (Å²) in [6, 6.07) is 21.1. The van der Waals surface area contributed by atoms with Crippen LogP contribution >= 0.6 is 0 Å². The molecule has 0 saturated carbocycles. The van der Waals surface area contributed by atoms with Gasteiger partial charge in [0.15, 0.2) is 0 Å². The number of amides is 1. The minimum Gasteiger partial charge on any atom is -0.336 e. The van der Waals surface area contributed by atoms with E-state index in [0.29, 0.717) is 24.3 Å². The van der Waals surface area contributed by atoms with Gasteiger partial charge in [-0.3, -0.25) is 14.4 Å². The Hall–Kier alpha value is -3.49. The largest absolute Gasteiger partial charge is 0.336 e. The zero-order chi connectivity index (χ0) is 24.0. The number of sulfonamides is 1. The molecule has 34 heavy (non-hydrogen) atoms. The zero-order valence-corrected chi connectivity index (χ0v) is 19.4. The van der Waals surface area contributed by atoms with E-state index in [1.807, 2.05) is 23.1 Å². The molecule has 1 aliphatic rings. The van der Waals surface area contributed by atoms with Gasteiger partial charge in [-0.05, 0) is 54.1 Å². The summed E-state index contributed by atoms with van der Waals surface area (Å²) < 4.78 is 40.4. The minimum atomic E-state index is -3.84. The molecule has 1 heterocycles. The van der Waals surface area contributed by atoms with Crippen LogP contribution in [0.2, 0.25) is 0 Å². The van der Waals surface area contributed by atoms with Crippen LogP contribution in [-0.2, 0) is 10.0 Å². The van der Waals surface area contributed by atoms with Crippen molar-refractivity contribution in [2.45, 2.75) is 4.90 Å². The van der Waals surface area contributed by atoms with Crippen LogP contribution in [0.4, 0.5) is 10.1 Å². The summed E-state index contributed by atoms with van der Waals surface area (Å²) in [5.41, 5.74) is 2.00. The topological polar surface area (TPSA) is 69.7 Å². The SMILES string of the molecule is O=C(c1ccc(NS(=O)(=O)c2ccc(F)cc2)cc1)N1CCN(CC=Cc2ccccc2)CC1. The minimum absolute atomic E-state index is 0.0365. The molecular formula is C26H26FN3O3S. The van der Waals surface area contributed by atoms with Gasteiger partial charge in [-0.25, -0.2) is 12.8 Å². The summed E-state index contributed by atoms with van der Waals surface area (Å²) in [6.07, 6.45) is 4.24. The van der Waals surface area contributed by atoms with Crippen LogP contribution in [-0.4, -0.2) is 56.8 Å². The first kappa shape index (κ1) is 23.7. The summed E-state index contributed by atoms with van der Waals surface area (Å²) in [5, 5.41) is 0. The van der Waals surface area contributed by atoms with Crippen molar-refractivity contribution >= 4 is 27.7 Å². The quantitative estimate of drug-likeness (QED) is 0.554. The van der Waals surface area contributed by atoms with Crippen LogP contribution in [0.25, 0.3) is 6.08 Å². The van der Waals surface area contributed by atoms with Gasteiger partial charge in [-0.1, -0.05) is 42.5 Å².